The van der Waals surface area contributed by atoms with E-state index in [1.54, 1.807) is 19.2 Å². The van der Waals surface area contributed by atoms with Gasteiger partial charge in [-0.1, -0.05) is 0 Å². The average Bonchev–Trinajstić information content (AvgIpc) is 2.67. The zero-order valence-corrected chi connectivity index (χ0v) is 10.5. The van der Waals surface area contributed by atoms with Gasteiger partial charge in [0.05, 0.1) is 5.69 Å². The maximum Gasteiger partial charge on any atom is 0.269 e. The second-order valence-electron chi connectivity index (χ2n) is 3.13. The summed E-state index contributed by atoms with van der Waals surface area (Å²) < 4.78 is 1.94. The lowest BCUT2D eigenvalue weighted by Crippen LogP contribution is -2.19. The van der Waals surface area contributed by atoms with Crippen LogP contribution in [0, 0.1) is 0 Å². The van der Waals surface area contributed by atoms with Gasteiger partial charge in [-0.25, -0.2) is 4.68 Å². The molecule has 2 aromatic heterocycles. The first-order valence-corrected chi connectivity index (χ1v) is 5.47. The quantitative estimate of drug-likeness (QED) is 0.834. The summed E-state index contributed by atoms with van der Waals surface area (Å²) in [5, 5.41) is 6.48. The van der Waals surface area contributed by atoms with Crippen molar-refractivity contribution in [3.63, 3.8) is 0 Å². The number of hydrogen-bond donors (Lipinski definition) is 2. The number of amides is 1. The smallest absolute Gasteiger partial charge is 0.269 e. The fourth-order valence-electron chi connectivity index (χ4n) is 1.28. The third-order valence-corrected chi connectivity index (χ3v) is 2.55. The van der Waals surface area contributed by atoms with Gasteiger partial charge in [0, 0.05) is 13.2 Å². The third-order valence-electron chi connectivity index (χ3n) is 2.03. The molecule has 0 saturated carbocycles. The molecule has 88 valence electrons. The Labute approximate surface area is 105 Å². The van der Waals surface area contributed by atoms with E-state index in [-0.39, 0.29) is 11.9 Å². The predicted molar refractivity (Wildman–Crippen MR) is 64.7 cm³/mol. The molecule has 3 N–H and O–H groups in total. The second-order valence-corrected chi connectivity index (χ2v) is 3.84. The highest BCUT2D eigenvalue weighted by Crippen LogP contribution is 2.15. The molecule has 2 heterocycles. The topological polar surface area (TPSA) is 98.7 Å². The summed E-state index contributed by atoms with van der Waals surface area (Å²) in [5.74, 6) is -0.119. The molecule has 17 heavy (non-hydrogen) atoms. The van der Waals surface area contributed by atoms with E-state index in [4.69, 9.17) is 5.73 Å². The van der Waals surface area contributed by atoms with Crippen molar-refractivity contribution >= 4 is 27.8 Å². The number of carbonyl (C=O) groups excluding carboxylic acids is 1. The molecule has 0 aromatic carbocycles. The fourth-order valence-corrected chi connectivity index (χ4v) is 1.74. The summed E-state index contributed by atoms with van der Waals surface area (Å²) in [4.78, 5) is 19.3. The van der Waals surface area contributed by atoms with Crippen LogP contribution >= 0.6 is 15.9 Å². The normalized spacial score (nSPS) is 10.2. The highest BCUT2D eigenvalue weighted by Gasteiger charge is 2.10. The number of aromatic nitrogens is 4. The fraction of sp³-hybridized carbons (Fsp3) is 0.111. The van der Waals surface area contributed by atoms with E-state index in [9.17, 15) is 4.79 Å². The number of nitrogens with two attached hydrogens (primary N) is 1. The van der Waals surface area contributed by atoms with Gasteiger partial charge in [0.25, 0.3) is 5.91 Å². The predicted octanol–water partition coefficient (Wildman–Crippen LogP) is 0.367. The lowest BCUT2D eigenvalue weighted by molar-refractivity contribution is 0.0958. The number of nitrogens with zero attached hydrogens (tertiary/aromatic N) is 4. The van der Waals surface area contributed by atoms with Crippen LogP contribution in [0.25, 0.3) is 5.69 Å². The van der Waals surface area contributed by atoms with Crippen LogP contribution in [0.3, 0.4) is 0 Å². The molecule has 0 aliphatic rings. The molecule has 1 amide bonds. The number of halogens is 1. The van der Waals surface area contributed by atoms with Crippen LogP contribution in [-0.4, -0.2) is 32.7 Å². The van der Waals surface area contributed by atoms with E-state index < -0.39 is 0 Å². The van der Waals surface area contributed by atoms with Crippen molar-refractivity contribution in [3.8, 4) is 5.69 Å². The maximum absolute atomic E-state index is 11.4. The Balaban J connectivity index is 2.46. The SMILES string of the molecule is CNC(=O)c1cc(-n2nc(N)nc2Br)ccn1. The average molecular weight is 297 g/mol. The van der Waals surface area contributed by atoms with Crippen molar-refractivity contribution in [1.29, 1.82) is 0 Å². The number of nitrogen functional groups attached to an aromatic ring is 1. The molecular formula is C9H9BrN6O. The monoisotopic (exact) mass is 296 g/mol. The Bertz CT molecular complexity index is 566. The number of pyridine rings is 1. The molecular weight excluding hydrogens is 288 g/mol. The van der Waals surface area contributed by atoms with Crippen LogP contribution in [0.2, 0.25) is 0 Å². The Hall–Kier alpha value is -1.96. The van der Waals surface area contributed by atoms with Crippen LogP contribution in [0.15, 0.2) is 23.1 Å². The van der Waals surface area contributed by atoms with Gasteiger partial charge in [-0.15, -0.1) is 5.10 Å². The molecule has 8 heteroatoms. The van der Waals surface area contributed by atoms with Crippen LogP contribution < -0.4 is 11.1 Å². The minimum atomic E-state index is -0.268. The summed E-state index contributed by atoms with van der Waals surface area (Å²) in [5.41, 5.74) is 6.42. The van der Waals surface area contributed by atoms with Crippen LogP contribution in [0.1, 0.15) is 10.5 Å². The van der Waals surface area contributed by atoms with Gasteiger partial charge < -0.3 is 11.1 Å². The molecule has 0 unspecified atom stereocenters. The number of hydrogen-bond acceptors (Lipinski definition) is 5. The van der Waals surface area contributed by atoms with Crippen molar-refractivity contribution in [3.05, 3.63) is 28.8 Å². The standard InChI is InChI=1S/C9H9BrN6O/c1-12-7(17)6-4-5(2-3-13-6)16-8(10)14-9(11)15-16/h2-4H,1H3,(H2,11,15)(H,12,17). The van der Waals surface area contributed by atoms with E-state index in [1.807, 2.05) is 0 Å². The molecule has 0 spiro atoms. The minimum absolute atomic E-state index is 0.148. The van der Waals surface area contributed by atoms with Gasteiger partial charge >= 0.3 is 0 Å². The molecule has 0 saturated heterocycles. The van der Waals surface area contributed by atoms with Crippen molar-refractivity contribution in [2.75, 3.05) is 12.8 Å². The molecule has 0 atom stereocenters. The van der Waals surface area contributed by atoms with Gasteiger partial charge in [0.1, 0.15) is 5.69 Å². The van der Waals surface area contributed by atoms with Gasteiger partial charge in [0.15, 0.2) is 0 Å². The Kier molecular flexibility index (Phi) is 3.05. The molecule has 0 aliphatic carbocycles. The minimum Gasteiger partial charge on any atom is -0.366 e. The van der Waals surface area contributed by atoms with E-state index in [0.29, 0.717) is 16.1 Å². The maximum atomic E-state index is 11.4. The number of anilines is 1. The molecule has 0 fully saturated rings. The molecule has 2 rings (SSSR count). The highest BCUT2D eigenvalue weighted by atomic mass is 79.9. The first kappa shape index (κ1) is 11.5. The van der Waals surface area contributed by atoms with E-state index in [2.05, 4.69) is 36.3 Å². The van der Waals surface area contributed by atoms with Crippen molar-refractivity contribution in [1.82, 2.24) is 25.1 Å². The lowest BCUT2D eigenvalue weighted by Gasteiger charge is -2.03. The third kappa shape index (κ3) is 2.26. The van der Waals surface area contributed by atoms with E-state index >= 15 is 0 Å². The Morgan fingerprint density at radius 1 is 1.59 bits per heavy atom. The van der Waals surface area contributed by atoms with E-state index in [0.717, 1.165) is 0 Å². The second kappa shape index (κ2) is 4.50. The zero-order chi connectivity index (χ0) is 12.4. The summed E-state index contributed by atoms with van der Waals surface area (Å²) in [6.45, 7) is 0. The van der Waals surface area contributed by atoms with E-state index in [1.165, 1.54) is 10.9 Å². The number of rotatable bonds is 2. The van der Waals surface area contributed by atoms with Crippen molar-refractivity contribution < 1.29 is 4.79 Å². The Morgan fingerprint density at radius 3 is 2.94 bits per heavy atom. The Morgan fingerprint density at radius 2 is 2.35 bits per heavy atom. The first-order valence-electron chi connectivity index (χ1n) is 4.68. The first-order chi connectivity index (χ1) is 8.11. The molecule has 0 aliphatic heterocycles. The van der Waals surface area contributed by atoms with Crippen LogP contribution in [0.4, 0.5) is 5.95 Å². The molecule has 0 bridgehead atoms. The van der Waals surface area contributed by atoms with Crippen LogP contribution in [-0.2, 0) is 0 Å². The van der Waals surface area contributed by atoms with Crippen molar-refractivity contribution in [2.45, 2.75) is 0 Å². The molecule has 0 radical (unpaired) electrons. The largest absolute Gasteiger partial charge is 0.366 e. The summed E-state index contributed by atoms with van der Waals surface area (Å²) in [6.07, 6.45) is 1.52. The van der Waals surface area contributed by atoms with Gasteiger partial charge in [-0.3, -0.25) is 9.78 Å². The zero-order valence-electron chi connectivity index (χ0n) is 8.88. The van der Waals surface area contributed by atoms with Gasteiger partial charge in [-0.05, 0) is 28.1 Å². The highest BCUT2D eigenvalue weighted by molar-refractivity contribution is 9.10. The summed E-state index contributed by atoms with van der Waals surface area (Å²) >= 11 is 3.22. The lowest BCUT2D eigenvalue weighted by atomic mass is 10.3. The van der Waals surface area contributed by atoms with Gasteiger partial charge in [0.2, 0.25) is 10.7 Å². The van der Waals surface area contributed by atoms with Gasteiger partial charge in [-0.2, -0.15) is 4.98 Å². The number of carbonyl (C=O) groups is 1. The molecule has 2 aromatic rings. The summed E-state index contributed by atoms with van der Waals surface area (Å²) in [6, 6.07) is 3.29. The van der Waals surface area contributed by atoms with Crippen molar-refractivity contribution in [2.24, 2.45) is 0 Å². The number of nitrogens with one attached hydrogen (secondary N) is 1. The molecule has 7 nitrogen and oxygen atoms in total. The van der Waals surface area contributed by atoms with Crippen LogP contribution in [0.5, 0.6) is 0 Å². The summed E-state index contributed by atoms with van der Waals surface area (Å²) in [7, 11) is 1.54.